The summed E-state index contributed by atoms with van der Waals surface area (Å²) in [6.45, 7) is 0.633. The fourth-order valence-corrected chi connectivity index (χ4v) is 2.28. The van der Waals surface area contributed by atoms with Crippen LogP contribution >= 0.6 is 0 Å². The summed E-state index contributed by atoms with van der Waals surface area (Å²) >= 11 is 0. The Labute approximate surface area is 159 Å². The SMILES string of the molecule is C#Cc1ccc(C(=O)OCCCCCOC(=O)c2ccc(C#C)cc2)cc1. The lowest BCUT2D eigenvalue weighted by Crippen LogP contribution is -2.08. The third kappa shape index (κ3) is 6.38. The van der Waals surface area contributed by atoms with Crippen LogP contribution in [-0.2, 0) is 9.47 Å². The number of unbranched alkanes of at least 4 members (excludes halogenated alkanes) is 2. The molecule has 0 aliphatic heterocycles. The molecule has 0 N–H and O–H groups in total. The summed E-state index contributed by atoms with van der Waals surface area (Å²) in [5.74, 6) is 4.24. The predicted octanol–water partition coefficient (Wildman–Crippen LogP) is 3.83. The average Bonchev–Trinajstić information content (AvgIpc) is 2.72. The van der Waals surface area contributed by atoms with Gasteiger partial charge in [-0.3, -0.25) is 0 Å². The highest BCUT2D eigenvalue weighted by atomic mass is 16.5. The van der Waals surface area contributed by atoms with E-state index in [0.29, 0.717) is 48.3 Å². The highest BCUT2D eigenvalue weighted by Crippen LogP contribution is 2.08. The van der Waals surface area contributed by atoms with Crippen molar-refractivity contribution >= 4 is 11.9 Å². The van der Waals surface area contributed by atoms with Gasteiger partial charge in [-0.2, -0.15) is 0 Å². The maximum atomic E-state index is 11.9. The number of esters is 2. The van der Waals surface area contributed by atoms with Gasteiger partial charge in [-0.05, 0) is 67.8 Å². The fraction of sp³-hybridized carbons (Fsp3) is 0.217. The van der Waals surface area contributed by atoms with E-state index in [4.69, 9.17) is 22.3 Å². The molecule has 0 atom stereocenters. The van der Waals surface area contributed by atoms with Crippen LogP contribution in [0.4, 0.5) is 0 Å². The Morgan fingerprint density at radius 3 is 1.37 bits per heavy atom. The van der Waals surface area contributed by atoms with Crippen molar-refractivity contribution in [2.45, 2.75) is 19.3 Å². The van der Waals surface area contributed by atoms with Gasteiger partial charge in [0.1, 0.15) is 0 Å². The van der Waals surface area contributed by atoms with E-state index in [1.54, 1.807) is 48.5 Å². The number of ether oxygens (including phenoxy) is 2. The molecule has 4 heteroatoms. The second-order valence-corrected chi connectivity index (χ2v) is 5.78. The molecule has 2 aromatic carbocycles. The lowest BCUT2D eigenvalue weighted by atomic mass is 10.1. The number of carbonyl (C=O) groups excluding carboxylic acids is 2. The van der Waals surface area contributed by atoms with Crippen molar-refractivity contribution in [3.05, 3.63) is 70.8 Å². The van der Waals surface area contributed by atoms with E-state index in [1.807, 2.05) is 0 Å². The van der Waals surface area contributed by atoms with Gasteiger partial charge >= 0.3 is 11.9 Å². The van der Waals surface area contributed by atoms with E-state index in [2.05, 4.69) is 11.8 Å². The van der Waals surface area contributed by atoms with Gasteiger partial charge in [0.25, 0.3) is 0 Å². The van der Waals surface area contributed by atoms with Crippen molar-refractivity contribution in [3.63, 3.8) is 0 Å². The molecule has 27 heavy (non-hydrogen) atoms. The number of rotatable bonds is 8. The van der Waals surface area contributed by atoms with Crippen LogP contribution < -0.4 is 0 Å². The number of benzene rings is 2. The standard InChI is InChI=1S/C23H20O4/c1-3-18-8-12-20(13-9-18)22(24)26-16-6-5-7-17-27-23(25)21-14-10-19(4-2)11-15-21/h1-2,8-15H,5-7,16-17H2. The molecule has 0 bridgehead atoms. The van der Waals surface area contributed by atoms with Gasteiger partial charge in [-0.1, -0.05) is 11.8 Å². The molecular weight excluding hydrogens is 340 g/mol. The van der Waals surface area contributed by atoms with Gasteiger partial charge in [-0.25, -0.2) is 9.59 Å². The van der Waals surface area contributed by atoms with Crippen LogP contribution in [0.2, 0.25) is 0 Å². The Balaban J connectivity index is 1.58. The second kappa shape index (κ2) is 10.5. The van der Waals surface area contributed by atoms with Crippen molar-refractivity contribution in [1.29, 1.82) is 0 Å². The minimum atomic E-state index is -0.375. The molecule has 0 spiro atoms. The number of carbonyl (C=O) groups is 2. The van der Waals surface area contributed by atoms with Crippen LogP contribution in [0.3, 0.4) is 0 Å². The first-order chi connectivity index (χ1) is 13.1. The normalized spacial score (nSPS) is 9.70. The van der Waals surface area contributed by atoms with Crippen LogP contribution in [0.15, 0.2) is 48.5 Å². The predicted molar refractivity (Wildman–Crippen MR) is 103 cm³/mol. The Morgan fingerprint density at radius 2 is 1.04 bits per heavy atom. The van der Waals surface area contributed by atoms with E-state index >= 15 is 0 Å². The Kier molecular flexibility index (Phi) is 7.69. The zero-order chi connectivity index (χ0) is 19.5. The fourth-order valence-electron chi connectivity index (χ4n) is 2.28. The summed E-state index contributed by atoms with van der Waals surface area (Å²) in [7, 11) is 0. The van der Waals surface area contributed by atoms with Crippen molar-refractivity contribution in [2.75, 3.05) is 13.2 Å². The van der Waals surface area contributed by atoms with Crippen LogP contribution in [0.5, 0.6) is 0 Å². The maximum absolute atomic E-state index is 11.9. The summed E-state index contributed by atoms with van der Waals surface area (Å²) in [4.78, 5) is 23.7. The van der Waals surface area contributed by atoms with E-state index in [1.165, 1.54) is 0 Å². The third-order valence-corrected chi connectivity index (χ3v) is 3.83. The molecule has 0 aliphatic rings. The first kappa shape index (κ1) is 19.8. The molecule has 0 unspecified atom stereocenters. The molecule has 0 aliphatic carbocycles. The first-order valence-electron chi connectivity index (χ1n) is 8.61. The van der Waals surface area contributed by atoms with Crippen molar-refractivity contribution in [2.24, 2.45) is 0 Å². The molecule has 0 saturated carbocycles. The summed E-state index contributed by atoms with van der Waals surface area (Å²) in [6.07, 6.45) is 12.7. The number of hydrogen-bond acceptors (Lipinski definition) is 4. The molecule has 2 rings (SSSR count). The Morgan fingerprint density at radius 1 is 0.667 bits per heavy atom. The largest absolute Gasteiger partial charge is 0.462 e. The van der Waals surface area contributed by atoms with Crippen molar-refractivity contribution < 1.29 is 19.1 Å². The zero-order valence-electron chi connectivity index (χ0n) is 14.9. The summed E-state index contributed by atoms with van der Waals surface area (Å²) < 4.78 is 10.4. The van der Waals surface area contributed by atoms with Crippen LogP contribution in [0.1, 0.15) is 51.1 Å². The molecule has 0 saturated heterocycles. The van der Waals surface area contributed by atoms with E-state index < -0.39 is 0 Å². The topological polar surface area (TPSA) is 52.6 Å². The van der Waals surface area contributed by atoms with E-state index in [0.717, 1.165) is 6.42 Å². The first-order valence-corrected chi connectivity index (χ1v) is 8.61. The van der Waals surface area contributed by atoms with E-state index in [-0.39, 0.29) is 11.9 Å². The number of hydrogen-bond donors (Lipinski definition) is 0. The monoisotopic (exact) mass is 360 g/mol. The van der Waals surface area contributed by atoms with Crippen LogP contribution in [-0.4, -0.2) is 25.2 Å². The maximum Gasteiger partial charge on any atom is 0.338 e. The Hall–Kier alpha value is -3.50. The van der Waals surface area contributed by atoms with Gasteiger partial charge in [0.2, 0.25) is 0 Å². The van der Waals surface area contributed by atoms with Gasteiger partial charge in [-0.15, -0.1) is 12.8 Å². The average molecular weight is 360 g/mol. The highest BCUT2D eigenvalue weighted by molar-refractivity contribution is 5.90. The minimum Gasteiger partial charge on any atom is -0.462 e. The molecule has 0 heterocycles. The molecule has 0 amide bonds. The summed E-state index contributed by atoms with van der Waals surface area (Å²) in [6, 6.07) is 13.4. The lowest BCUT2D eigenvalue weighted by molar-refractivity contribution is 0.0478. The van der Waals surface area contributed by atoms with Crippen LogP contribution in [0.25, 0.3) is 0 Å². The van der Waals surface area contributed by atoms with Crippen molar-refractivity contribution in [3.8, 4) is 24.7 Å². The minimum absolute atomic E-state index is 0.317. The second-order valence-electron chi connectivity index (χ2n) is 5.78. The zero-order valence-corrected chi connectivity index (χ0v) is 14.9. The summed E-state index contributed by atoms with van der Waals surface area (Å²) in [5.41, 5.74) is 2.37. The molecule has 2 aromatic rings. The molecule has 136 valence electrons. The van der Waals surface area contributed by atoms with E-state index in [9.17, 15) is 9.59 Å². The lowest BCUT2D eigenvalue weighted by Gasteiger charge is -2.06. The molecule has 0 aromatic heterocycles. The van der Waals surface area contributed by atoms with Crippen molar-refractivity contribution in [1.82, 2.24) is 0 Å². The van der Waals surface area contributed by atoms with Gasteiger partial charge in [0.15, 0.2) is 0 Å². The molecule has 0 fully saturated rings. The molecular formula is C23H20O4. The summed E-state index contributed by atoms with van der Waals surface area (Å²) in [5, 5.41) is 0. The number of terminal acetylenes is 2. The smallest absolute Gasteiger partial charge is 0.338 e. The van der Waals surface area contributed by atoms with Gasteiger partial charge in [0, 0.05) is 11.1 Å². The highest BCUT2D eigenvalue weighted by Gasteiger charge is 2.08. The Bertz CT molecular complexity index is 776. The molecule has 4 nitrogen and oxygen atoms in total. The van der Waals surface area contributed by atoms with Gasteiger partial charge < -0.3 is 9.47 Å². The molecule has 0 radical (unpaired) electrons. The quantitative estimate of drug-likeness (QED) is 0.408. The van der Waals surface area contributed by atoms with Crippen LogP contribution in [0, 0.1) is 24.7 Å². The third-order valence-electron chi connectivity index (χ3n) is 3.83. The van der Waals surface area contributed by atoms with Gasteiger partial charge in [0.05, 0.1) is 24.3 Å².